The Kier molecular flexibility index (Phi) is 11.3. The highest BCUT2D eigenvalue weighted by Gasteiger charge is 2.16. The highest BCUT2D eigenvalue weighted by molar-refractivity contribution is 7.24. The number of nitrogens with one attached hydrogen (secondary N) is 2. The van der Waals surface area contributed by atoms with Crippen molar-refractivity contribution in [3.63, 3.8) is 0 Å². The van der Waals surface area contributed by atoms with Crippen molar-refractivity contribution in [3.8, 4) is 0 Å². The van der Waals surface area contributed by atoms with Gasteiger partial charge in [-0.3, -0.25) is 14.3 Å². The molecule has 206 valence electrons. The number of nitrogens with zero attached hydrogens (tertiary/aromatic N) is 3. The molecule has 1 heterocycles. The Morgan fingerprint density at radius 2 is 1.68 bits per heavy atom. The maximum Gasteiger partial charge on any atom is 0.354 e. The minimum Gasteiger partial charge on any atom is -0.549 e. The highest BCUT2D eigenvalue weighted by Crippen LogP contribution is 2.28. The van der Waals surface area contributed by atoms with E-state index >= 15 is 0 Å². The predicted molar refractivity (Wildman–Crippen MR) is 158 cm³/mol. The summed E-state index contributed by atoms with van der Waals surface area (Å²) in [6.07, 6.45) is 0.443. The summed E-state index contributed by atoms with van der Waals surface area (Å²) in [5.74, 6) is 0.0315. The van der Waals surface area contributed by atoms with E-state index in [0.29, 0.717) is 28.8 Å². The average Bonchev–Trinajstić information content (AvgIpc) is 2.82. The van der Waals surface area contributed by atoms with Crippen LogP contribution in [0.15, 0.2) is 52.3 Å². The SMILES string of the molecule is CC(C)N=C(NC(N(C)C)=[N+](C)C)NC(C)C.CCC(C(=O)[O-])c1ccc2sc3ccccc3c(=O)c2c1. The minimum absolute atomic E-state index is 0.0469. The van der Waals surface area contributed by atoms with Crippen LogP contribution in [-0.4, -0.2) is 67.6 Å². The fraction of sp³-hybridized carbons (Fsp3) is 0.448. The third-order valence-electron chi connectivity index (χ3n) is 5.59. The Bertz CT molecular complexity index is 1370. The highest BCUT2D eigenvalue weighted by atomic mass is 32.1. The van der Waals surface area contributed by atoms with Gasteiger partial charge in [0, 0.05) is 44.1 Å². The number of fused-ring (bicyclic) bond motifs is 2. The number of aliphatic imine (C=N–C) groups is 1. The van der Waals surface area contributed by atoms with E-state index in [-0.39, 0.29) is 11.5 Å². The number of rotatable bonds is 5. The normalized spacial score (nSPS) is 12.2. The van der Waals surface area contributed by atoms with Gasteiger partial charge in [0.25, 0.3) is 5.96 Å². The molecule has 8 nitrogen and oxygen atoms in total. The van der Waals surface area contributed by atoms with Gasteiger partial charge in [-0.1, -0.05) is 25.1 Å². The van der Waals surface area contributed by atoms with Crippen LogP contribution in [-0.2, 0) is 4.79 Å². The van der Waals surface area contributed by atoms with Crippen LogP contribution < -0.4 is 21.2 Å². The number of aliphatic carboxylic acids is 1. The summed E-state index contributed by atoms with van der Waals surface area (Å²) in [6, 6.07) is 13.4. The van der Waals surface area contributed by atoms with Crippen molar-refractivity contribution in [2.75, 3.05) is 28.2 Å². The minimum atomic E-state index is -1.10. The molecule has 0 amide bonds. The van der Waals surface area contributed by atoms with Gasteiger partial charge in [0.15, 0.2) is 5.43 Å². The fourth-order valence-electron chi connectivity index (χ4n) is 3.94. The van der Waals surface area contributed by atoms with Crippen molar-refractivity contribution < 1.29 is 14.5 Å². The molecule has 38 heavy (non-hydrogen) atoms. The van der Waals surface area contributed by atoms with Gasteiger partial charge in [-0.25, -0.2) is 10.3 Å². The Hall–Kier alpha value is -3.46. The molecule has 0 bridgehead atoms. The second kappa shape index (κ2) is 13.9. The average molecular weight is 540 g/mol. The van der Waals surface area contributed by atoms with Gasteiger partial charge in [0.2, 0.25) is 0 Å². The molecule has 9 heteroatoms. The molecule has 2 aromatic carbocycles. The molecule has 0 saturated carbocycles. The molecule has 1 atom stereocenters. The van der Waals surface area contributed by atoms with E-state index in [9.17, 15) is 14.7 Å². The molecule has 0 aliphatic rings. The third-order valence-corrected chi connectivity index (χ3v) is 6.74. The second-order valence-electron chi connectivity index (χ2n) is 10.1. The fourth-order valence-corrected chi connectivity index (χ4v) is 4.99. The van der Waals surface area contributed by atoms with Crippen molar-refractivity contribution in [2.45, 2.75) is 59.0 Å². The molecule has 3 rings (SSSR count). The number of carboxylic acids is 1. The van der Waals surface area contributed by atoms with Crippen LogP contribution in [0.2, 0.25) is 0 Å². The topological polar surface area (TPSA) is 99.9 Å². The van der Waals surface area contributed by atoms with Gasteiger partial charge in [-0.05, 0) is 63.9 Å². The zero-order chi connectivity index (χ0) is 28.6. The van der Waals surface area contributed by atoms with Gasteiger partial charge in [-0.15, -0.1) is 11.3 Å². The largest absolute Gasteiger partial charge is 0.549 e. The van der Waals surface area contributed by atoms with Crippen molar-refractivity contribution in [2.24, 2.45) is 4.99 Å². The molecule has 0 saturated heterocycles. The third kappa shape index (κ3) is 8.28. The molecular weight excluding hydrogens is 498 g/mol. The standard InChI is InChI=1S/C17H14O3S.C12H27N5/c1-2-11(17(19)20)10-7-8-15-13(9-10)16(18)12-5-3-4-6-14(12)21-15;1-9(2)13-11(14-10(3)4)15-12(16(5)6)17(7)8/h3-9,11H,2H2,1H3,(H,19,20);9-10H,1-8H3,(H,13,14). The summed E-state index contributed by atoms with van der Waals surface area (Å²) in [5.41, 5.74) is 0.582. The van der Waals surface area contributed by atoms with Crippen LogP contribution in [0.4, 0.5) is 0 Å². The van der Waals surface area contributed by atoms with Gasteiger partial charge in [0.1, 0.15) is 0 Å². The molecule has 0 radical (unpaired) electrons. The van der Waals surface area contributed by atoms with E-state index in [2.05, 4.69) is 43.3 Å². The maximum atomic E-state index is 12.6. The smallest absolute Gasteiger partial charge is 0.354 e. The summed E-state index contributed by atoms with van der Waals surface area (Å²) in [5, 5.41) is 19.1. The van der Waals surface area contributed by atoms with Crippen molar-refractivity contribution in [1.82, 2.24) is 15.5 Å². The zero-order valence-electron chi connectivity index (χ0n) is 24.0. The van der Waals surface area contributed by atoms with E-state index < -0.39 is 11.9 Å². The molecule has 2 N–H and O–H groups in total. The molecule has 1 aromatic heterocycles. The number of hydrogen-bond acceptors (Lipinski definition) is 5. The van der Waals surface area contributed by atoms with E-state index in [0.717, 1.165) is 21.3 Å². The van der Waals surface area contributed by atoms with E-state index in [1.54, 1.807) is 25.1 Å². The zero-order valence-corrected chi connectivity index (χ0v) is 24.8. The molecule has 3 aromatic rings. The molecule has 0 aliphatic carbocycles. The van der Waals surface area contributed by atoms with Crippen LogP contribution in [0.5, 0.6) is 0 Å². The first-order chi connectivity index (χ1) is 17.8. The number of hydrogen-bond donors (Lipinski definition) is 2. The predicted octanol–water partition coefficient (Wildman–Crippen LogP) is 3.19. The molecule has 0 aliphatic heterocycles. The van der Waals surface area contributed by atoms with Crippen molar-refractivity contribution in [3.05, 3.63) is 58.3 Å². The number of carbonyl (C=O) groups excluding carboxylic acids is 1. The second-order valence-corrected chi connectivity index (χ2v) is 11.2. The number of guanidine groups is 2. The first-order valence-electron chi connectivity index (χ1n) is 12.8. The lowest BCUT2D eigenvalue weighted by molar-refractivity contribution is -0.471. The first-order valence-corrected chi connectivity index (χ1v) is 13.7. The van der Waals surface area contributed by atoms with E-state index in [1.165, 1.54) is 11.3 Å². The van der Waals surface area contributed by atoms with Gasteiger partial charge < -0.3 is 15.2 Å². The van der Waals surface area contributed by atoms with Crippen molar-refractivity contribution in [1.29, 1.82) is 0 Å². The lowest BCUT2D eigenvalue weighted by Gasteiger charge is -2.17. The first kappa shape index (κ1) is 30.8. The molecular formula is C29H41N5O3S. The van der Waals surface area contributed by atoms with Crippen LogP contribution in [0.1, 0.15) is 52.5 Å². The van der Waals surface area contributed by atoms with Gasteiger partial charge in [-0.2, -0.15) is 0 Å². The van der Waals surface area contributed by atoms with Crippen molar-refractivity contribution >= 4 is 49.4 Å². The van der Waals surface area contributed by atoms with E-state index in [1.807, 2.05) is 61.9 Å². The number of carboxylic acid groups (broad SMARTS) is 1. The van der Waals surface area contributed by atoms with Gasteiger partial charge in [0.05, 0.1) is 28.2 Å². The van der Waals surface area contributed by atoms with Gasteiger partial charge >= 0.3 is 5.96 Å². The summed E-state index contributed by atoms with van der Waals surface area (Å²) in [4.78, 5) is 30.3. The monoisotopic (exact) mass is 539 g/mol. The molecule has 0 spiro atoms. The lowest BCUT2D eigenvalue weighted by Crippen LogP contribution is -2.51. The summed E-state index contributed by atoms with van der Waals surface area (Å²) in [6.45, 7) is 10.1. The van der Waals surface area contributed by atoms with Crippen LogP contribution in [0.25, 0.3) is 20.2 Å². The lowest BCUT2D eigenvalue weighted by atomic mass is 9.95. The Morgan fingerprint density at radius 3 is 2.21 bits per heavy atom. The Labute approximate surface area is 229 Å². The number of benzene rings is 2. The quantitative estimate of drug-likeness (QED) is 0.224. The maximum absolute atomic E-state index is 12.6. The van der Waals surface area contributed by atoms with Crippen LogP contribution >= 0.6 is 11.3 Å². The Morgan fingerprint density at radius 1 is 1.05 bits per heavy atom. The summed E-state index contributed by atoms with van der Waals surface area (Å²) in [7, 11) is 8.02. The molecule has 1 unspecified atom stereocenters. The van der Waals surface area contributed by atoms with E-state index in [4.69, 9.17) is 0 Å². The summed E-state index contributed by atoms with van der Waals surface area (Å²) < 4.78 is 3.84. The molecule has 0 fully saturated rings. The Balaban J connectivity index is 0.000000275. The van der Waals surface area contributed by atoms with Crippen LogP contribution in [0, 0.1) is 0 Å². The summed E-state index contributed by atoms with van der Waals surface area (Å²) >= 11 is 1.54. The number of carbonyl (C=O) groups is 1. The van der Waals surface area contributed by atoms with Crippen LogP contribution in [0.3, 0.4) is 0 Å².